The predicted octanol–water partition coefficient (Wildman–Crippen LogP) is 2.28. The van der Waals surface area contributed by atoms with Crippen LogP contribution in [0.1, 0.15) is 33.6 Å². The van der Waals surface area contributed by atoms with Crippen molar-refractivity contribution in [2.45, 2.75) is 52.1 Å². The van der Waals surface area contributed by atoms with E-state index in [-0.39, 0.29) is 5.92 Å². The van der Waals surface area contributed by atoms with Gasteiger partial charge in [0, 0.05) is 28.9 Å². The zero-order valence-corrected chi connectivity index (χ0v) is 15.5. The largest absolute Gasteiger partial charge is 0.458 e. The summed E-state index contributed by atoms with van der Waals surface area (Å²) in [5.74, 6) is -1.50. The number of hydrogen-bond acceptors (Lipinski definition) is 6. The molecule has 0 bridgehead atoms. The molecule has 2 aliphatic heterocycles. The molecule has 0 radical (unpaired) electrons. The van der Waals surface area contributed by atoms with Crippen LogP contribution < -0.4 is 0 Å². The minimum absolute atomic E-state index is 0.189. The molecule has 0 aromatic rings. The van der Waals surface area contributed by atoms with Gasteiger partial charge in [0.2, 0.25) is 0 Å². The summed E-state index contributed by atoms with van der Waals surface area (Å²) >= 11 is 0. The molecule has 3 fully saturated rings. The third-order valence-corrected chi connectivity index (χ3v) is 5.95. The molecule has 3 rings (SSSR count). The monoisotopic (exact) mass is 362 g/mol. The molecule has 1 spiro atoms. The molecule has 2 heterocycles. The number of ether oxygens (including phenoxy) is 3. The lowest BCUT2D eigenvalue weighted by Crippen LogP contribution is -2.53. The molecule has 2 saturated heterocycles. The van der Waals surface area contributed by atoms with Crippen molar-refractivity contribution in [2.75, 3.05) is 6.61 Å². The highest BCUT2D eigenvalue weighted by Gasteiger charge is 2.62. The predicted molar refractivity (Wildman–Crippen MR) is 93.8 cm³/mol. The summed E-state index contributed by atoms with van der Waals surface area (Å²) in [6.45, 7) is 13.6. The van der Waals surface area contributed by atoms with E-state index in [1.165, 1.54) is 0 Å². The van der Waals surface area contributed by atoms with Crippen LogP contribution in [0.4, 0.5) is 0 Å². The number of carbonyl (C=O) groups excluding carboxylic acids is 2. The van der Waals surface area contributed by atoms with E-state index in [0.717, 1.165) is 5.57 Å². The smallest absolute Gasteiger partial charge is 0.334 e. The number of fused-ring (bicyclic) bond motifs is 1. The second kappa shape index (κ2) is 6.67. The molecule has 6 nitrogen and oxygen atoms in total. The number of hydrogen-bond donors (Lipinski definition) is 1. The SMILES string of the molecule is C=C1C(=O)OC2C1C(OC(=O)C(C)=CC)CC1(COC(O)C1)C2C(=C)C. The molecule has 26 heavy (non-hydrogen) atoms. The highest BCUT2D eigenvalue weighted by Crippen LogP contribution is 2.57. The van der Waals surface area contributed by atoms with Crippen molar-refractivity contribution in [3.8, 4) is 0 Å². The fourth-order valence-corrected chi connectivity index (χ4v) is 4.67. The van der Waals surface area contributed by atoms with Crippen LogP contribution in [0.25, 0.3) is 0 Å². The Hall–Kier alpha value is -1.92. The molecular formula is C20H26O6. The van der Waals surface area contributed by atoms with Crippen LogP contribution in [0, 0.1) is 17.3 Å². The van der Waals surface area contributed by atoms with E-state index >= 15 is 0 Å². The fraction of sp³-hybridized carbons (Fsp3) is 0.600. The molecule has 6 unspecified atom stereocenters. The Morgan fingerprint density at radius 1 is 1.38 bits per heavy atom. The number of carbonyl (C=O) groups is 2. The first-order valence-electron chi connectivity index (χ1n) is 8.89. The number of aliphatic hydroxyl groups excluding tert-OH is 1. The Morgan fingerprint density at radius 2 is 2.08 bits per heavy atom. The van der Waals surface area contributed by atoms with Crippen LogP contribution in [-0.4, -0.2) is 42.1 Å². The minimum atomic E-state index is -0.887. The van der Waals surface area contributed by atoms with Gasteiger partial charge in [0.15, 0.2) is 6.29 Å². The van der Waals surface area contributed by atoms with Crippen LogP contribution >= 0.6 is 0 Å². The van der Waals surface area contributed by atoms with Crippen LogP contribution in [0.5, 0.6) is 0 Å². The molecule has 1 N–H and O–H groups in total. The van der Waals surface area contributed by atoms with Crippen molar-refractivity contribution in [3.05, 3.63) is 36.0 Å². The van der Waals surface area contributed by atoms with Gasteiger partial charge in [-0.25, -0.2) is 9.59 Å². The van der Waals surface area contributed by atoms with E-state index in [9.17, 15) is 14.7 Å². The van der Waals surface area contributed by atoms with E-state index in [2.05, 4.69) is 13.2 Å². The van der Waals surface area contributed by atoms with Gasteiger partial charge in [0.05, 0.1) is 12.5 Å². The third-order valence-electron chi connectivity index (χ3n) is 5.95. The van der Waals surface area contributed by atoms with Gasteiger partial charge in [-0.2, -0.15) is 0 Å². The average molecular weight is 362 g/mol. The van der Waals surface area contributed by atoms with Crippen LogP contribution in [0.2, 0.25) is 0 Å². The number of esters is 2. The second-order valence-corrected chi connectivity index (χ2v) is 7.70. The van der Waals surface area contributed by atoms with E-state index in [4.69, 9.17) is 14.2 Å². The van der Waals surface area contributed by atoms with Gasteiger partial charge in [-0.05, 0) is 27.2 Å². The zero-order chi connectivity index (χ0) is 19.2. The quantitative estimate of drug-likeness (QED) is 0.471. The van der Waals surface area contributed by atoms with Gasteiger partial charge in [-0.3, -0.25) is 0 Å². The highest BCUT2D eigenvalue weighted by atomic mass is 16.6. The summed E-state index contributed by atoms with van der Waals surface area (Å²) in [6, 6.07) is 0. The minimum Gasteiger partial charge on any atom is -0.458 e. The number of rotatable bonds is 3. The molecule has 1 aliphatic carbocycles. The Kier molecular flexibility index (Phi) is 4.84. The lowest BCUT2D eigenvalue weighted by Gasteiger charge is -2.48. The summed E-state index contributed by atoms with van der Waals surface area (Å²) < 4.78 is 16.8. The van der Waals surface area contributed by atoms with Crippen molar-refractivity contribution in [1.29, 1.82) is 0 Å². The first-order valence-corrected chi connectivity index (χ1v) is 8.89. The zero-order valence-electron chi connectivity index (χ0n) is 15.5. The summed E-state index contributed by atoms with van der Waals surface area (Å²) in [6.07, 6.45) is 0.560. The van der Waals surface area contributed by atoms with Crippen LogP contribution in [0.15, 0.2) is 36.0 Å². The van der Waals surface area contributed by atoms with Gasteiger partial charge in [-0.15, -0.1) is 0 Å². The molecule has 6 heteroatoms. The van der Waals surface area contributed by atoms with E-state index in [1.807, 2.05) is 6.92 Å². The molecule has 0 aromatic carbocycles. The van der Waals surface area contributed by atoms with E-state index in [0.29, 0.717) is 30.6 Å². The maximum atomic E-state index is 12.4. The third kappa shape index (κ3) is 2.91. The first kappa shape index (κ1) is 18.9. The van der Waals surface area contributed by atoms with Gasteiger partial charge in [0.25, 0.3) is 0 Å². The van der Waals surface area contributed by atoms with Gasteiger partial charge in [-0.1, -0.05) is 24.8 Å². The van der Waals surface area contributed by atoms with E-state index < -0.39 is 41.8 Å². The molecular weight excluding hydrogens is 336 g/mol. The normalized spacial score (nSPS) is 39.7. The van der Waals surface area contributed by atoms with Crippen molar-refractivity contribution in [3.63, 3.8) is 0 Å². The Morgan fingerprint density at radius 3 is 2.62 bits per heavy atom. The Balaban J connectivity index is 2.00. The second-order valence-electron chi connectivity index (χ2n) is 7.70. The lowest BCUT2D eigenvalue weighted by molar-refractivity contribution is -0.163. The maximum Gasteiger partial charge on any atom is 0.334 e. The molecule has 1 saturated carbocycles. The van der Waals surface area contributed by atoms with Crippen LogP contribution in [-0.2, 0) is 23.8 Å². The molecule has 142 valence electrons. The topological polar surface area (TPSA) is 82.1 Å². The fourth-order valence-electron chi connectivity index (χ4n) is 4.67. The maximum absolute atomic E-state index is 12.4. The number of aliphatic hydroxyl groups is 1. The first-order chi connectivity index (χ1) is 12.2. The highest BCUT2D eigenvalue weighted by molar-refractivity contribution is 5.92. The summed E-state index contributed by atoms with van der Waals surface area (Å²) in [5.41, 5.74) is 1.18. The van der Waals surface area contributed by atoms with Crippen molar-refractivity contribution in [2.24, 2.45) is 17.3 Å². The summed E-state index contributed by atoms with van der Waals surface area (Å²) in [7, 11) is 0. The van der Waals surface area contributed by atoms with Gasteiger partial charge < -0.3 is 19.3 Å². The summed E-state index contributed by atoms with van der Waals surface area (Å²) in [5, 5.41) is 9.99. The molecule has 3 aliphatic rings. The van der Waals surface area contributed by atoms with Crippen molar-refractivity contribution < 1.29 is 28.9 Å². The lowest BCUT2D eigenvalue weighted by atomic mass is 9.58. The number of allylic oxidation sites excluding steroid dienone is 1. The Labute approximate surface area is 153 Å². The molecule has 0 amide bonds. The standard InChI is InChI=1S/C20H26O6/c1-6-11(4)18(22)25-13-7-20(8-14(21)24-9-20)16(10(2)3)17-15(13)12(5)19(23)26-17/h6,13-17,21H,2,5,7-9H2,1,3-4H3. The van der Waals surface area contributed by atoms with Gasteiger partial charge in [0.1, 0.15) is 12.2 Å². The average Bonchev–Trinajstić information content (AvgIpc) is 3.07. The van der Waals surface area contributed by atoms with E-state index in [1.54, 1.807) is 19.9 Å². The summed E-state index contributed by atoms with van der Waals surface area (Å²) in [4.78, 5) is 24.6. The molecule has 6 atom stereocenters. The van der Waals surface area contributed by atoms with Crippen molar-refractivity contribution >= 4 is 11.9 Å². The van der Waals surface area contributed by atoms with Crippen molar-refractivity contribution in [1.82, 2.24) is 0 Å². The molecule has 0 aromatic heterocycles. The van der Waals surface area contributed by atoms with Crippen LogP contribution in [0.3, 0.4) is 0 Å². The Bertz CT molecular complexity index is 692. The van der Waals surface area contributed by atoms with Gasteiger partial charge >= 0.3 is 11.9 Å².